The fourth-order valence-electron chi connectivity index (χ4n) is 3.79. The number of carbonyl (C=O) groups excluding carboxylic acids is 3. The maximum atomic E-state index is 12.9. The molecule has 2 aliphatic heterocycles. The highest BCUT2D eigenvalue weighted by Crippen LogP contribution is 2.28. The second-order valence-electron chi connectivity index (χ2n) is 8.33. The molecule has 1 aromatic carbocycles. The molecule has 0 spiro atoms. The molecular weight excluding hydrogens is 356 g/mol. The average molecular weight is 386 g/mol. The van der Waals surface area contributed by atoms with Gasteiger partial charge < -0.3 is 15.5 Å². The highest BCUT2D eigenvalue weighted by Gasteiger charge is 2.39. The summed E-state index contributed by atoms with van der Waals surface area (Å²) < 4.78 is 0. The average Bonchev–Trinajstić information content (AvgIpc) is 2.96. The smallest absolute Gasteiger partial charge is 0.255 e. The lowest BCUT2D eigenvalue weighted by Crippen LogP contribution is -2.52. The Bertz CT molecular complexity index is 777. The number of nitrogens with zero attached hydrogens (tertiary/aromatic N) is 2. The standard InChI is InChI=1S/C21H30N4O3/c1-13(2)17(22)8-9-24(3)11-14-4-5-15-12-25(21(28)16(15)10-14)18-6-7-19(26)23-20(18)27/h4-5,10,13,17-18H,6-9,11-12,22H2,1-3H3,(H,23,26,27). The van der Waals surface area contributed by atoms with Crippen LogP contribution in [0, 0.1) is 5.92 Å². The number of carbonyl (C=O) groups is 3. The number of fused-ring (bicyclic) bond motifs is 1. The van der Waals surface area contributed by atoms with Crippen molar-refractivity contribution in [2.75, 3.05) is 13.6 Å². The summed E-state index contributed by atoms with van der Waals surface area (Å²) in [5.41, 5.74) is 8.79. The van der Waals surface area contributed by atoms with E-state index < -0.39 is 6.04 Å². The maximum Gasteiger partial charge on any atom is 0.255 e. The van der Waals surface area contributed by atoms with Gasteiger partial charge in [-0.15, -0.1) is 0 Å². The van der Waals surface area contributed by atoms with Crippen molar-refractivity contribution in [2.24, 2.45) is 11.7 Å². The minimum Gasteiger partial charge on any atom is -0.327 e. The number of nitrogens with two attached hydrogens (primary N) is 1. The normalized spacial score (nSPS) is 20.7. The number of hydrogen-bond acceptors (Lipinski definition) is 5. The van der Waals surface area contributed by atoms with E-state index >= 15 is 0 Å². The zero-order chi connectivity index (χ0) is 20.4. The van der Waals surface area contributed by atoms with Gasteiger partial charge in [-0.05, 0) is 49.5 Å². The van der Waals surface area contributed by atoms with E-state index in [4.69, 9.17) is 5.73 Å². The second kappa shape index (κ2) is 8.41. The van der Waals surface area contributed by atoms with Gasteiger partial charge in [-0.25, -0.2) is 0 Å². The number of nitrogens with one attached hydrogen (secondary N) is 1. The lowest BCUT2D eigenvalue weighted by Gasteiger charge is -2.29. The van der Waals surface area contributed by atoms with Crippen LogP contribution in [0.3, 0.4) is 0 Å². The van der Waals surface area contributed by atoms with Crippen molar-refractivity contribution >= 4 is 17.7 Å². The van der Waals surface area contributed by atoms with E-state index in [-0.39, 0.29) is 30.2 Å². The van der Waals surface area contributed by atoms with Gasteiger partial charge in [0.05, 0.1) is 0 Å². The van der Waals surface area contributed by atoms with Crippen LogP contribution < -0.4 is 11.1 Å². The molecule has 2 atom stereocenters. The predicted molar refractivity (Wildman–Crippen MR) is 106 cm³/mol. The summed E-state index contributed by atoms with van der Waals surface area (Å²) in [6, 6.07) is 5.57. The second-order valence-corrected chi connectivity index (χ2v) is 8.33. The van der Waals surface area contributed by atoms with Gasteiger partial charge in [0.1, 0.15) is 6.04 Å². The van der Waals surface area contributed by atoms with Crippen molar-refractivity contribution in [3.63, 3.8) is 0 Å². The minimum atomic E-state index is -0.568. The molecule has 7 nitrogen and oxygen atoms in total. The first-order valence-corrected chi connectivity index (χ1v) is 9.97. The zero-order valence-corrected chi connectivity index (χ0v) is 16.9. The number of imide groups is 1. The van der Waals surface area contributed by atoms with E-state index in [2.05, 4.69) is 31.1 Å². The third kappa shape index (κ3) is 4.42. The van der Waals surface area contributed by atoms with E-state index in [9.17, 15) is 14.4 Å². The van der Waals surface area contributed by atoms with Crippen LogP contribution in [0.15, 0.2) is 18.2 Å². The summed E-state index contributed by atoms with van der Waals surface area (Å²) in [5, 5.41) is 2.33. The first-order chi connectivity index (χ1) is 13.3. The molecule has 1 fully saturated rings. The minimum absolute atomic E-state index is 0.129. The third-order valence-electron chi connectivity index (χ3n) is 5.75. The molecule has 0 radical (unpaired) electrons. The molecule has 28 heavy (non-hydrogen) atoms. The van der Waals surface area contributed by atoms with Crippen molar-refractivity contribution < 1.29 is 14.4 Å². The number of piperidine rings is 1. The molecule has 0 saturated carbocycles. The number of rotatable bonds is 7. The molecule has 2 aliphatic rings. The van der Waals surface area contributed by atoms with Crippen LogP contribution in [0.25, 0.3) is 0 Å². The van der Waals surface area contributed by atoms with E-state index in [0.717, 1.165) is 30.6 Å². The SMILES string of the molecule is CC(C)C(N)CCN(C)Cc1ccc2c(c1)C(=O)N(C1CCC(=O)NC1=O)C2. The van der Waals surface area contributed by atoms with Crippen LogP contribution in [0.4, 0.5) is 0 Å². The van der Waals surface area contributed by atoms with Crippen LogP contribution >= 0.6 is 0 Å². The Labute approximate surface area is 166 Å². The first kappa shape index (κ1) is 20.5. The highest BCUT2D eigenvalue weighted by atomic mass is 16.2. The lowest BCUT2D eigenvalue weighted by atomic mass is 10.0. The van der Waals surface area contributed by atoms with Gasteiger partial charge in [0.25, 0.3) is 5.91 Å². The fourth-order valence-corrected chi connectivity index (χ4v) is 3.79. The van der Waals surface area contributed by atoms with Crippen LogP contribution in [-0.4, -0.2) is 53.2 Å². The first-order valence-electron chi connectivity index (χ1n) is 9.97. The Kier molecular flexibility index (Phi) is 6.15. The molecule has 0 aromatic heterocycles. The van der Waals surface area contributed by atoms with Gasteiger partial charge in [-0.1, -0.05) is 26.0 Å². The Balaban J connectivity index is 1.64. The summed E-state index contributed by atoms with van der Waals surface area (Å²) in [6.45, 7) is 6.31. The van der Waals surface area contributed by atoms with Crippen molar-refractivity contribution in [1.29, 1.82) is 0 Å². The van der Waals surface area contributed by atoms with E-state index in [1.165, 1.54) is 0 Å². The Hall–Kier alpha value is -2.25. The summed E-state index contributed by atoms with van der Waals surface area (Å²) in [4.78, 5) is 40.2. The van der Waals surface area contributed by atoms with Crippen LogP contribution in [0.2, 0.25) is 0 Å². The molecule has 1 saturated heterocycles. The molecule has 0 aliphatic carbocycles. The maximum absolute atomic E-state index is 12.9. The van der Waals surface area contributed by atoms with Gasteiger partial charge in [0.2, 0.25) is 11.8 Å². The molecule has 0 bridgehead atoms. The Morgan fingerprint density at radius 2 is 2.04 bits per heavy atom. The number of hydrogen-bond donors (Lipinski definition) is 2. The van der Waals surface area contributed by atoms with Crippen molar-refractivity contribution in [2.45, 2.75) is 58.3 Å². The number of amides is 3. The molecule has 7 heteroatoms. The molecule has 3 amide bonds. The highest BCUT2D eigenvalue weighted by molar-refractivity contribution is 6.05. The van der Waals surface area contributed by atoms with Gasteiger partial charge in [-0.3, -0.25) is 19.7 Å². The summed E-state index contributed by atoms with van der Waals surface area (Å²) in [5.74, 6) is -0.313. The van der Waals surface area contributed by atoms with Crippen molar-refractivity contribution in [1.82, 2.24) is 15.1 Å². The quantitative estimate of drug-likeness (QED) is 0.688. The lowest BCUT2D eigenvalue weighted by molar-refractivity contribution is -0.136. The van der Waals surface area contributed by atoms with Gasteiger partial charge >= 0.3 is 0 Å². The van der Waals surface area contributed by atoms with Crippen LogP contribution in [-0.2, 0) is 22.7 Å². The summed E-state index contributed by atoms with van der Waals surface area (Å²) in [7, 11) is 2.05. The van der Waals surface area contributed by atoms with Crippen molar-refractivity contribution in [3.05, 3.63) is 34.9 Å². The van der Waals surface area contributed by atoms with E-state index in [0.29, 0.717) is 24.4 Å². The predicted octanol–water partition coefficient (Wildman–Crippen LogP) is 1.25. The van der Waals surface area contributed by atoms with Gasteiger partial charge in [-0.2, -0.15) is 0 Å². The molecule has 3 N–H and O–H groups in total. The summed E-state index contributed by atoms with van der Waals surface area (Å²) >= 11 is 0. The van der Waals surface area contributed by atoms with E-state index in [1.807, 2.05) is 18.2 Å². The van der Waals surface area contributed by atoms with Crippen LogP contribution in [0.5, 0.6) is 0 Å². The molecule has 2 heterocycles. The molecule has 3 rings (SSSR count). The summed E-state index contributed by atoms with van der Waals surface area (Å²) in [6.07, 6.45) is 1.59. The largest absolute Gasteiger partial charge is 0.327 e. The zero-order valence-electron chi connectivity index (χ0n) is 16.9. The molecular formula is C21H30N4O3. The third-order valence-corrected chi connectivity index (χ3v) is 5.75. The monoisotopic (exact) mass is 386 g/mol. The molecule has 152 valence electrons. The van der Waals surface area contributed by atoms with Crippen molar-refractivity contribution in [3.8, 4) is 0 Å². The molecule has 2 unspecified atom stereocenters. The topological polar surface area (TPSA) is 95.7 Å². The number of benzene rings is 1. The van der Waals surface area contributed by atoms with Gasteiger partial charge in [0, 0.05) is 31.1 Å². The Morgan fingerprint density at radius 3 is 2.71 bits per heavy atom. The van der Waals surface area contributed by atoms with E-state index in [1.54, 1.807) is 4.90 Å². The fraction of sp³-hybridized carbons (Fsp3) is 0.571. The van der Waals surface area contributed by atoms with Crippen LogP contribution in [0.1, 0.15) is 54.6 Å². The molecule has 1 aromatic rings. The van der Waals surface area contributed by atoms with Gasteiger partial charge in [0.15, 0.2) is 0 Å². The Morgan fingerprint density at radius 1 is 1.29 bits per heavy atom.